The van der Waals surface area contributed by atoms with E-state index in [1.807, 2.05) is 17.9 Å². The van der Waals surface area contributed by atoms with E-state index in [9.17, 15) is 4.79 Å². The maximum Gasteiger partial charge on any atom is 0.255 e. The summed E-state index contributed by atoms with van der Waals surface area (Å²) in [6, 6.07) is 6.07. The maximum absolute atomic E-state index is 13.0. The normalized spacial score (nSPS) is 17.7. The molecule has 1 N–H and O–H groups in total. The molecule has 0 saturated carbocycles. The van der Waals surface area contributed by atoms with Gasteiger partial charge in [0.1, 0.15) is 17.9 Å². The first kappa shape index (κ1) is 22.0. The number of amidine groups is 1. The number of piperazine rings is 1. The Bertz CT molecular complexity index is 1120. The molecule has 0 aliphatic carbocycles. The highest BCUT2D eigenvalue weighted by atomic mass is 35.5. The average Bonchev–Trinajstić information content (AvgIpc) is 3.42. The third-order valence-electron chi connectivity index (χ3n) is 6.53. The lowest BCUT2D eigenvalue weighted by Crippen LogP contribution is -2.47. The molecule has 5 rings (SSSR count). The fraction of sp³-hybridized carbons (Fsp3) is 0.458. The lowest BCUT2D eigenvalue weighted by atomic mass is 10.1. The topological polar surface area (TPSA) is 76.7 Å². The second-order valence-corrected chi connectivity index (χ2v) is 9.16. The van der Waals surface area contributed by atoms with Gasteiger partial charge < -0.3 is 19.5 Å². The highest BCUT2D eigenvalue weighted by Crippen LogP contribution is 2.34. The number of furan rings is 1. The van der Waals surface area contributed by atoms with E-state index < -0.39 is 0 Å². The number of benzene rings is 1. The third kappa shape index (κ3) is 4.37. The van der Waals surface area contributed by atoms with Crippen molar-refractivity contribution in [2.24, 2.45) is 9.98 Å². The van der Waals surface area contributed by atoms with Gasteiger partial charge in [-0.05, 0) is 44.5 Å². The molecule has 1 aromatic heterocycles. The van der Waals surface area contributed by atoms with Crippen molar-refractivity contribution >= 4 is 41.3 Å². The number of nitrogens with zero attached hydrogens (tertiary/aromatic N) is 5. The second-order valence-electron chi connectivity index (χ2n) is 8.73. The Labute approximate surface area is 198 Å². The highest BCUT2D eigenvalue weighted by molar-refractivity contribution is 6.30. The lowest BCUT2D eigenvalue weighted by Gasteiger charge is -2.37. The average molecular weight is 469 g/mol. The number of aliphatic imine (C=N–C) groups is 2. The van der Waals surface area contributed by atoms with Gasteiger partial charge in [0, 0.05) is 50.0 Å². The number of aryl methyl sites for hydroxylation is 2. The Morgan fingerprint density at radius 1 is 1.18 bits per heavy atom. The highest BCUT2D eigenvalue weighted by Gasteiger charge is 2.33. The minimum Gasteiger partial charge on any atom is -0.442 e. The van der Waals surface area contributed by atoms with Crippen LogP contribution in [0.1, 0.15) is 33.7 Å². The maximum atomic E-state index is 13.0. The van der Waals surface area contributed by atoms with Crippen molar-refractivity contribution in [3.8, 4) is 0 Å². The summed E-state index contributed by atoms with van der Waals surface area (Å²) < 4.78 is 5.74. The van der Waals surface area contributed by atoms with E-state index in [1.54, 1.807) is 6.34 Å². The fourth-order valence-electron chi connectivity index (χ4n) is 4.75. The molecule has 0 unspecified atom stereocenters. The van der Waals surface area contributed by atoms with Crippen LogP contribution in [-0.2, 0) is 0 Å². The lowest BCUT2D eigenvalue weighted by molar-refractivity contribution is 0.0949. The first-order valence-electron chi connectivity index (χ1n) is 11.5. The molecule has 0 atom stereocenters. The van der Waals surface area contributed by atoms with Gasteiger partial charge in [-0.25, -0.2) is 4.99 Å². The van der Waals surface area contributed by atoms with E-state index in [2.05, 4.69) is 44.2 Å². The minimum atomic E-state index is -0.120. The first-order valence-corrected chi connectivity index (χ1v) is 11.9. The van der Waals surface area contributed by atoms with Crippen molar-refractivity contribution in [3.05, 3.63) is 45.7 Å². The number of hydrogen-bond donors (Lipinski definition) is 1. The molecule has 8 nitrogen and oxygen atoms in total. The van der Waals surface area contributed by atoms with Gasteiger partial charge in [0.05, 0.1) is 17.7 Å². The number of nitrogens with one attached hydrogen (secondary N) is 1. The van der Waals surface area contributed by atoms with E-state index >= 15 is 0 Å². The van der Waals surface area contributed by atoms with E-state index in [-0.39, 0.29) is 5.91 Å². The molecule has 1 aromatic carbocycles. The summed E-state index contributed by atoms with van der Waals surface area (Å²) in [4.78, 5) is 28.7. The zero-order valence-electron chi connectivity index (χ0n) is 19.1. The van der Waals surface area contributed by atoms with Gasteiger partial charge in [-0.15, -0.1) is 0 Å². The van der Waals surface area contributed by atoms with Crippen LogP contribution in [0, 0.1) is 13.8 Å². The number of carbonyl (C=O) groups is 1. The predicted octanol–water partition coefficient (Wildman–Crippen LogP) is 3.23. The van der Waals surface area contributed by atoms with Crippen molar-refractivity contribution in [1.82, 2.24) is 15.1 Å². The van der Waals surface area contributed by atoms with Crippen molar-refractivity contribution in [1.29, 1.82) is 0 Å². The summed E-state index contributed by atoms with van der Waals surface area (Å²) in [6.07, 6.45) is 2.62. The molecule has 1 amide bonds. The van der Waals surface area contributed by atoms with Crippen molar-refractivity contribution < 1.29 is 9.21 Å². The van der Waals surface area contributed by atoms with Crippen LogP contribution in [0.4, 0.5) is 11.6 Å². The van der Waals surface area contributed by atoms with Crippen LogP contribution in [-0.4, -0.2) is 80.2 Å². The minimum absolute atomic E-state index is 0.120. The SMILES string of the molecule is Cc1ccc(Cl)cc1N1CCN(CCCNC(=O)c2c(C)oc3c2C2=NCCN2C=N3)CC1. The Balaban J connectivity index is 1.11. The number of halogens is 1. The Hall–Kier alpha value is -2.84. The summed E-state index contributed by atoms with van der Waals surface area (Å²) in [5.74, 6) is 1.72. The number of anilines is 1. The summed E-state index contributed by atoms with van der Waals surface area (Å²) in [5.41, 5.74) is 3.75. The largest absolute Gasteiger partial charge is 0.442 e. The van der Waals surface area contributed by atoms with Crippen LogP contribution < -0.4 is 10.2 Å². The Kier molecular flexibility index (Phi) is 6.12. The zero-order chi connectivity index (χ0) is 22.9. The molecule has 1 saturated heterocycles. The fourth-order valence-corrected chi connectivity index (χ4v) is 4.91. The van der Waals surface area contributed by atoms with Crippen LogP contribution in [0.15, 0.2) is 32.6 Å². The van der Waals surface area contributed by atoms with Crippen LogP contribution in [0.25, 0.3) is 0 Å². The standard InChI is InChI=1S/C24H29ClN6O2/c1-16-4-5-18(25)14-19(16)30-12-10-29(11-13-30)8-3-6-27-23(32)20-17(2)33-24-21(20)22-26-7-9-31(22)15-28-24/h4-5,14-15H,3,6-13H2,1-2H3,(H,27,32). The van der Waals surface area contributed by atoms with E-state index in [0.29, 0.717) is 30.3 Å². The van der Waals surface area contributed by atoms with Gasteiger partial charge >= 0.3 is 0 Å². The number of amides is 1. The van der Waals surface area contributed by atoms with Gasteiger partial charge in [-0.2, -0.15) is 0 Å². The number of carbonyl (C=O) groups excluding carboxylic acids is 1. The molecular formula is C24H29ClN6O2. The Morgan fingerprint density at radius 3 is 2.82 bits per heavy atom. The third-order valence-corrected chi connectivity index (χ3v) is 6.76. The summed E-state index contributed by atoms with van der Waals surface area (Å²) in [5, 5.41) is 3.85. The smallest absolute Gasteiger partial charge is 0.255 e. The molecule has 4 heterocycles. The van der Waals surface area contributed by atoms with Gasteiger partial charge in [0.15, 0.2) is 0 Å². The van der Waals surface area contributed by atoms with E-state index in [4.69, 9.17) is 16.0 Å². The summed E-state index contributed by atoms with van der Waals surface area (Å²) in [7, 11) is 0. The van der Waals surface area contributed by atoms with E-state index in [0.717, 1.165) is 62.1 Å². The van der Waals surface area contributed by atoms with Crippen molar-refractivity contribution in [2.45, 2.75) is 20.3 Å². The number of hydrogen-bond acceptors (Lipinski definition) is 7. The second kappa shape index (κ2) is 9.19. The first-order chi connectivity index (χ1) is 16.0. The van der Waals surface area contributed by atoms with E-state index in [1.165, 1.54) is 11.3 Å². The molecule has 0 bridgehead atoms. The monoisotopic (exact) mass is 468 g/mol. The molecule has 174 valence electrons. The van der Waals surface area contributed by atoms with Gasteiger partial charge in [0.25, 0.3) is 5.91 Å². The van der Waals surface area contributed by atoms with Crippen LogP contribution in [0.3, 0.4) is 0 Å². The summed E-state index contributed by atoms with van der Waals surface area (Å²) in [6.45, 7) is 11.0. The van der Waals surface area contributed by atoms with Crippen LogP contribution >= 0.6 is 11.6 Å². The molecule has 0 radical (unpaired) electrons. The molecule has 2 aromatic rings. The van der Waals surface area contributed by atoms with Crippen LogP contribution in [0.2, 0.25) is 5.02 Å². The quantitative estimate of drug-likeness (QED) is 0.659. The molecule has 1 fully saturated rings. The van der Waals surface area contributed by atoms with Gasteiger partial charge in [-0.3, -0.25) is 14.7 Å². The molecule has 0 spiro atoms. The molecule has 3 aliphatic rings. The predicted molar refractivity (Wildman–Crippen MR) is 131 cm³/mol. The van der Waals surface area contributed by atoms with Gasteiger partial charge in [-0.1, -0.05) is 17.7 Å². The van der Waals surface area contributed by atoms with Crippen molar-refractivity contribution in [2.75, 3.05) is 57.3 Å². The van der Waals surface area contributed by atoms with Gasteiger partial charge in [0.2, 0.25) is 5.88 Å². The molecule has 9 heteroatoms. The molecule has 33 heavy (non-hydrogen) atoms. The summed E-state index contributed by atoms with van der Waals surface area (Å²) >= 11 is 6.19. The van der Waals surface area contributed by atoms with Crippen molar-refractivity contribution in [3.63, 3.8) is 0 Å². The number of rotatable bonds is 6. The molecule has 3 aliphatic heterocycles. The van der Waals surface area contributed by atoms with Crippen LogP contribution in [0.5, 0.6) is 0 Å². The molecular weight excluding hydrogens is 440 g/mol. The number of fused-ring (bicyclic) bond motifs is 3. The Morgan fingerprint density at radius 2 is 2.00 bits per heavy atom. The zero-order valence-corrected chi connectivity index (χ0v) is 19.9.